The topological polar surface area (TPSA) is 56.2 Å². The van der Waals surface area contributed by atoms with Crippen molar-refractivity contribution >= 4 is 5.97 Å². The maximum atomic E-state index is 11.6. The number of aromatic nitrogens is 2. The Morgan fingerprint density at radius 1 is 1.29 bits per heavy atom. The number of esters is 1. The Bertz CT molecular complexity index is 630. The van der Waals surface area contributed by atoms with Crippen LogP contribution in [0, 0.1) is 13.8 Å². The van der Waals surface area contributed by atoms with Crippen LogP contribution in [0.2, 0.25) is 0 Å². The molecule has 2 rings (SSSR count). The zero-order valence-corrected chi connectivity index (χ0v) is 12.9. The van der Waals surface area contributed by atoms with Crippen molar-refractivity contribution < 1.29 is 9.53 Å². The molecule has 1 aromatic carbocycles. The van der Waals surface area contributed by atoms with Crippen LogP contribution in [0.1, 0.15) is 34.2 Å². The summed E-state index contributed by atoms with van der Waals surface area (Å²) in [6.45, 7) is 7.02. The Balaban J connectivity index is 2.31. The molecule has 5 heteroatoms. The van der Waals surface area contributed by atoms with E-state index in [1.54, 1.807) is 19.1 Å². The highest BCUT2D eigenvalue weighted by Gasteiger charge is 2.13. The zero-order chi connectivity index (χ0) is 15.4. The van der Waals surface area contributed by atoms with Crippen LogP contribution < -0.4 is 5.32 Å². The smallest absolute Gasteiger partial charge is 0.338 e. The van der Waals surface area contributed by atoms with Gasteiger partial charge in [-0.2, -0.15) is 5.10 Å². The van der Waals surface area contributed by atoms with E-state index in [-0.39, 0.29) is 5.97 Å². The van der Waals surface area contributed by atoms with E-state index in [1.165, 1.54) is 5.56 Å². The van der Waals surface area contributed by atoms with Gasteiger partial charge in [0.2, 0.25) is 0 Å². The minimum absolute atomic E-state index is 0.298. The summed E-state index contributed by atoms with van der Waals surface area (Å²) < 4.78 is 6.88. The van der Waals surface area contributed by atoms with Crippen LogP contribution in [0.15, 0.2) is 24.3 Å². The maximum Gasteiger partial charge on any atom is 0.338 e. The lowest BCUT2D eigenvalue weighted by molar-refractivity contribution is 0.0526. The van der Waals surface area contributed by atoms with E-state index in [2.05, 4.69) is 10.4 Å². The first-order chi connectivity index (χ1) is 10.1. The van der Waals surface area contributed by atoms with Gasteiger partial charge in [0.05, 0.1) is 23.6 Å². The van der Waals surface area contributed by atoms with Gasteiger partial charge in [-0.05, 0) is 52.1 Å². The molecule has 112 valence electrons. The van der Waals surface area contributed by atoms with Gasteiger partial charge in [0.15, 0.2) is 0 Å². The van der Waals surface area contributed by atoms with Crippen LogP contribution >= 0.6 is 0 Å². The highest BCUT2D eigenvalue weighted by atomic mass is 16.5. The van der Waals surface area contributed by atoms with Crippen LogP contribution in [-0.2, 0) is 11.3 Å². The lowest BCUT2D eigenvalue weighted by atomic mass is 10.2. The molecule has 0 aliphatic heterocycles. The van der Waals surface area contributed by atoms with Crippen molar-refractivity contribution in [1.29, 1.82) is 0 Å². The third-order valence-electron chi connectivity index (χ3n) is 3.42. The van der Waals surface area contributed by atoms with Gasteiger partial charge >= 0.3 is 5.97 Å². The molecule has 0 bridgehead atoms. The largest absolute Gasteiger partial charge is 0.462 e. The minimum Gasteiger partial charge on any atom is -0.462 e. The van der Waals surface area contributed by atoms with Crippen molar-refractivity contribution in [2.75, 3.05) is 13.7 Å². The van der Waals surface area contributed by atoms with Gasteiger partial charge in [-0.25, -0.2) is 9.48 Å². The summed E-state index contributed by atoms with van der Waals surface area (Å²) in [6, 6.07) is 7.30. The van der Waals surface area contributed by atoms with E-state index in [9.17, 15) is 4.79 Å². The van der Waals surface area contributed by atoms with E-state index >= 15 is 0 Å². The first-order valence-electron chi connectivity index (χ1n) is 7.05. The second-order valence-corrected chi connectivity index (χ2v) is 4.86. The normalized spacial score (nSPS) is 10.7. The van der Waals surface area contributed by atoms with Gasteiger partial charge in [0, 0.05) is 17.8 Å². The number of nitrogens with zero attached hydrogens (tertiary/aromatic N) is 2. The first-order valence-corrected chi connectivity index (χ1v) is 7.05. The molecule has 0 amide bonds. The highest BCUT2D eigenvalue weighted by molar-refractivity contribution is 5.89. The molecule has 5 nitrogen and oxygen atoms in total. The van der Waals surface area contributed by atoms with Gasteiger partial charge in [-0.1, -0.05) is 0 Å². The Hall–Kier alpha value is -2.14. The molecule has 1 heterocycles. The SMILES string of the molecule is CCOC(=O)c1ccc(-n2nc(C)c(CNC)c2C)cc1. The van der Waals surface area contributed by atoms with E-state index in [0.29, 0.717) is 12.2 Å². The van der Waals surface area contributed by atoms with Crippen molar-refractivity contribution in [3.8, 4) is 5.69 Å². The predicted octanol–water partition coefficient (Wildman–Crippen LogP) is 2.39. The highest BCUT2D eigenvalue weighted by Crippen LogP contribution is 2.18. The Morgan fingerprint density at radius 3 is 2.52 bits per heavy atom. The fourth-order valence-electron chi connectivity index (χ4n) is 2.31. The number of hydrogen-bond acceptors (Lipinski definition) is 4. The first kappa shape index (κ1) is 15.3. The number of rotatable bonds is 5. The fraction of sp³-hybridized carbons (Fsp3) is 0.375. The van der Waals surface area contributed by atoms with E-state index in [1.807, 2.05) is 37.7 Å². The molecule has 0 saturated heterocycles. The molecule has 1 N–H and O–H groups in total. The van der Waals surface area contributed by atoms with Crippen molar-refractivity contribution in [2.45, 2.75) is 27.3 Å². The molecule has 0 atom stereocenters. The summed E-state index contributed by atoms with van der Waals surface area (Å²) in [7, 11) is 1.92. The van der Waals surface area contributed by atoms with Gasteiger partial charge in [0.1, 0.15) is 0 Å². The molecule has 0 unspecified atom stereocenters. The molecule has 1 aromatic heterocycles. The summed E-state index contributed by atoms with van der Waals surface area (Å²) in [4.78, 5) is 11.6. The molecule has 0 aliphatic carbocycles. The van der Waals surface area contributed by atoms with Crippen LogP contribution in [0.4, 0.5) is 0 Å². The number of carbonyl (C=O) groups is 1. The zero-order valence-electron chi connectivity index (χ0n) is 12.9. The molecule has 21 heavy (non-hydrogen) atoms. The van der Waals surface area contributed by atoms with E-state index < -0.39 is 0 Å². The van der Waals surface area contributed by atoms with Crippen LogP contribution in [0.3, 0.4) is 0 Å². The maximum absolute atomic E-state index is 11.6. The lowest BCUT2D eigenvalue weighted by Crippen LogP contribution is -2.07. The number of nitrogens with one attached hydrogen (secondary N) is 1. The number of hydrogen-bond donors (Lipinski definition) is 1. The minimum atomic E-state index is -0.298. The van der Waals surface area contributed by atoms with Gasteiger partial charge in [-0.3, -0.25) is 0 Å². The molecule has 0 saturated carbocycles. The number of benzene rings is 1. The van der Waals surface area contributed by atoms with E-state index in [4.69, 9.17) is 4.74 Å². The molecule has 2 aromatic rings. The molecular formula is C16H21N3O2. The Kier molecular flexibility index (Phi) is 4.75. The summed E-state index contributed by atoms with van der Waals surface area (Å²) in [5.74, 6) is -0.298. The molecule has 0 radical (unpaired) electrons. The van der Waals surface area contributed by atoms with Gasteiger partial charge in [0.25, 0.3) is 0 Å². The summed E-state index contributed by atoms with van der Waals surface area (Å²) >= 11 is 0. The Morgan fingerprint density at radius 2 is 1.95 bits per heavy atom. The third-order valence-corrected chi connectivity index (χ3v) is 3.42. The monoisotopic (exact) mass is 287 g/mol. The van der Waals surface area contributed by atoms with Gasteiger partial charge < -0.3 is 10.1 Å². The average Bonchev–Trinajstić information content (AvgIpc) is 2.76. The summed E-state index contributed by atoms with van der Waals surface area (Å²) in [5.41, 5.74) is 4.80. The predicted molar refractivity (Wildman–Crippen MR) is 81.8 cm³/mol. The standard InChI is InChI=1S/C16H21N3O2/c1-5-21-16(20)13-6-8-14(9-7-13)19-12(3)15(10-17-4)11(2)18-19/h6-9,17H,5,10H2,1-4H3. The second-order valence-electron chi connectivity index (χ2n) is 4.86. The number of ether oxygens (including phenoxy) is 1. The number of aryl methyl sites for hydroxylation is 1. The lowest BCUT2D eigenvalue weighted by Gasteiger charge is -2.07. The summed E-state index contributed by atoms with van der Waals surface area (Å²) in [5, 5.41) is 7.72. The van der Waals surface area contributed by atoms with Crippen molar-refractivity contribution in [1.82, 2.24) is 15.1 Å². The third kappa shape index (κ3) is 3.13. The fourth-order valence-corrected chi connectivity index (χ4v) is 2.31. The van der Waals surface area contributed by atoms with Crippen molar-refractivity contribution in [3.05, 3.63) is 46.8 Å². The van der Waals surface area contributed by atoms with Crippen molar-refractivity contribution in [2.24, 2.45) is 0 Å². The van der Waals surface area contributed by atoms with Crippen LogP contribution in [-0.4, -0.2) is 29.4 Å². The molecule has 0 spiro atoms. The van der Waals surface area contributed by atoms with Crippen LogP contribution in [0.5, 0.6) is 0 Å². The van der Waals surface area contributed by atoms with Crippen LogP contribution in [0.25, 0.3) is 5.69 Å². The van der Waals surface area contributed by atoms with E-state index in [0.717, 1.165) is 23.6 Å². The Labute approximate surface area is 124 Å². The average molecular weight is 287 g/mol. The summed E-state index contributed by atoms with van der Waals surface area (Å²) in [6.07, 6.45) is 0. The molecule has 0 fully saturated rings. The number of carbonyl (C=O) groups excluding carboxylic acids is 1. The quantitative estimate of drug-likeness (QED) is 0.858. The van der Waals surface area contributed by atoms with Gasteiger partial charge in [-0.15, -0.1) is 0 Å². The second kappa shape index (κ2) is 6.54. The molecular weight excluding hydrogens is 266 g/mol. The van der Waals surface area contributed by atoms with Crippen molar-refractivity contribution in [3.63, 3.8) is 0 Å². The molecule has 0 aliphatic rings.